The average molecular weight is 280 g/mol. The Balaban J connectivity index is 1.58. The Morgan fingerprint density at radius 2 is 1.71 bits per heavy atom. The van der Waals surface area contributed by atoms with Crippen molar-refractivity contribution in [1.29, 1.82) is 0 Å². The molecule has 2 heterocycles. The van der Waals surface area contributed by atoms with Gasteiger partial charge in [-0.2, -0.15) is 0 Å². The number of hydrogen-bond donors (Lipinski definition) is 0. The highest BCUT2D eigenvalue weighted by molar-refractivity contribution is 5.23. The number of benzene rings is 1. The standard InChI is InChI=1S/C19H24N2/c1-15-8-9-19(20-16(15)2)18-10-12-21(13-11-18)14-17-6-4-3-5-7-17/h3-9,18H,10-14H2,1-2H3. The SMILES string of the molecule is Cc1ccc(C2CCN(Cc3ccccc3)CC2)nc1C. The lowest BCUT2D eigenvalue weighted by Gasteiger charge is -2.31. The quantitative estimate of drug-likeness (QED) is 0.842. The number of rotatable bonds is 3. The molecule has 3 rings (SSSR count). The van der Waals surface area contributed by atoms with Crippen molar-refractivity contribution in [2.24, 2.45) is 0 Å². The molecule has 1 aromatic heterocycles. The summed E-state index contributed by atoms with van der Waals surface area (Å²) in [4.78, 5) is 7.35. The van der Waals surface area contributed by atoms with Crippen LogP contribution in [0.3, 0.4) is 0 Å². The summed E-state index contributed by atoms with van der Waals surface area (Å²) in [5.74, 6) is 0.635. The molecule has 1 fully saturated rings. The maximum atomic E-state index is 4.79. The third kappa shape index (κ3) is 3.51. The van der Waals surface area contributed by atoms with E-state index < -0.39 is 0 Å². The number of nitrogens with zero attached hydrogens (tertiary/aromatic N) is 2. The molecule has 21 heavy (non-hydrogen) atoms. The summed E-state index contributed by atoms with van der Waals surface area (Å²) in [6, 6.07) is 15.2. The van der Waals surface area contributed by atoms with Crippen LogP contribution in [0, 0.1) is 13.8 Å². The van der Waals surface area contributed by atoms with E-state index in [2.05, 4.69) is 61.2 Å². The minimum absolute atomic E-state index is 0.635. The third-order valence-electron chi connectivity index (χ3n) is 4.63. The van der Waals surface area contributed by atoms with Gasteiger partial charge in [-0.3, -0.25) is 9.88 Å². The summed E-state index contributed by atoms with van der Waals surface area (Å²) in [5, 5.41) is 0. The Kier molecular flexibility index (Phi) is 4.35. The van der Waals surface area contributed by atoms with E-state index in [9.17, 15) is 0 Å². The third-order valence-corrected chi connectivity index (χ3v) is 4.63. The highest BCUT2D eigenvalue weighted by atomic mass is 15.1. The largest absolute Gasteiger partial charge is 0.299 e. The van der Waals surface area contributed by atoms with Gasteiger partial charge in [0, 0.05) is 23.9 Å². The fourth-order valence-corrected chi connectivity index (χ4v) is 3.11. The van der Waals surface area contributed by atoms with Crippen molar-refractivity contribution in [2.75, 3.05) is 13.1 Å². The maximum Gasteiger partial charge on any atom is 0.0438 e. The Hall–Kier alpha value is -1.67. The molecule has 1 aliphatic heterocycles. The number of pyridine rings is 1. The molecule has 0 bridgehead atoms. The zero-order valence-electron chi connectivity index (χ0n) is 13.0. The van der Waals surface area contributed by atoms with Crippen molar-refractivity contribution in [2.45, 2.75) is 39.2 Å². The van der Waals surface area contributed by atoms with E-state index in [0.29, 0.717) is 5.92 Å². The zero-order chi connectivity index (χ0) is 14.7. The summed E-state index contributed by atoms with van der Waals surface area (Å²) in [6.45, 7) is 7.67. The lowest BCUT2D eigenvalue weighted by atomic mass is 9.92. The van der Waals surface area contributed by atoms with Crippen molar-refractivity contribution >= 4 is 0 Å². The first kappa shape index (κ1) is 14.3. The van der Waals surface area contributed by atoms with Gasteiger partial charge < -0.3 is 0 Å². The Labute approximate surface area is 127 Å². The minimum atomic E-state index is 0.635. The van der Waals surface area contributed by atoms with E-state index in [4.69, 9.17) is 4.98 Å². The molecule has 0 atom stereocenters. The van der Waals surface area contributed by atoms with Gasteiger partial charge in [-0.1, -0.05) is 36.4 Å². The van der Waals surface area contributed by atoms with Gasteiger partial charge in [0.1, 0.15) is 0 Å². The van der Waals surface area contributed by atoms with Crippen LogP contribution < -0.4 is 0 Å². The fraction of sp³-hybridized carbons (Fsp3) is 0.421. The molecule has 0 amide bonds. The van der Waals surface area contributed by atoms with Crippen LogP contribution >= 0.6 is 0 Å². The molecule has 0 spiro atoms. The second kappa shape index (κ2) is 6.40. The van der Waals surface area contributed by atoms with Crippen molar-refractivity contribution in [1.82, 2.24) is 9.88 Å². The first-order valence-corrected chi connectivity index (χ1v) is 7.93. The van der Waals surface area contributed by atoms with Crippen LogP contribution in [0.5, 0.6) is 0 Å². The number of aryl methyl sites for hydroxylation is 2. The van der Waals surface area contributed by atoms with Crippen LogP contribution in [0.4, 0.5) is 0 Å². The maximum absolute atomic E-state index is 4.79. The molecule has 2 heteroatoms. The zero-order valence-corrected chi connectivity index (χ0v) is 13.0. The fourth-order valence-electron chi connectivity index (χ4n) is 3.11. The minimum Gasteiger partial charge on any atom is -0.299 e. The second-order valence-electron chi connectivity index (χ2n) is 6.17. The predicted octanol–water partition coefficient (Wildman–Crippen LogP) is 4.08. The monoisotopic (exact) mass is 280 g/mol. The molecule has 1 aromatic carbocycles. The molecule has 1 aliphatic rings. The van der Waals surface area contributed by atoms with Crippen molar-refractivity contribution < 1.29 is 0 Å². The number of aromatic nitrogens is 1. The van der Waals surface area contributed by atoms with E-state index in [1.165, 1.54) is 48.4 Å². The second-order valence-corrected chi connectivity index (χ2v) is 6.17. The van der Waals surface area contributed by atoms with Gasteiger partial charge in [-0.25, -0.2) is 0 Å². The first-order chi connectivity index (χ1) is 10.2. The summed E-state index contributed by atoms with van der Waals surface area (Å²) in [6.07, 6.45) is 2.45. The number of hydrogen-bond acceptors (Lipinski definition) is 2. The van der Waals surface area contributed by atoms with E-state index >= 15 is 0 Å². The summed E-state index contributed by atoms with van der Waals surface area (Å²) < 4.78 is 0. The molecular formula is C19H24N2. The van der Waals surface area contributed by atoms with E-state index in [1.54, 1.807) is 0 Å². The van der Waals surface area contributed by atoms with Crippen molar-refractivity contribution in [3.63, 3.8) is 0 Å². The summed E-state index contributed by atoms with van der Waals surface area (Å²) in [5.41, 5.74) is 5.18. The summed E-state index contributed by atoms with van der Waals surface area (Å²) in [7, 11) is 0. The first-order valence-electron chi connectivity index (χ1n) is 7.93. The molecule has 0 aliphatic carbocycles. The van der Waals surface area contributed by atoms with Crippen LogP contribution in [-0.4, -0.2) is 23.0 Å². The highest BCUT2D eigenvalue weighted by Gasteiger charge is 2.21. The molecular weight excluding hydrogens is 256 g/mol. The van der Waals surface area contributed by atoms with E-state index in [1.807, 2.05) is 0 Å². The lowest BCUT2D eigenvalue weighted by Crippen LogP contribution is -2.32. The number of piperidine rings is 1. The molecule has 0 saturated carbocycles. The Bertz CT molecular complexity index is 584. The van der Waals surface area contributed by atoms with Crippen LogP contribution in [0.2, 0.25) is 0 Å². The van der Waals surface area contributed by atoms with Crippen LogP contribution in [0.1, 0.15) is 41.3 Å². The van der Waals surface area contributed by atoms with E-state index in [-0.39, 0.29) is 0 Å². The molecule has 0 unspecified atom stereocenters. The Morgan fingerprint density at radius 3 is 2.38 bits per heavy atom. The van der Waals surface area contributed by atoms with Gasteiger partial charge >= 0.3 is 0 Å². The highest BCUT2D eigenvalue weighted by Crippen LogP contribution is 2.28. The van der Waals surface area contributed by atoms with Crippen molar-refractivity contribution in [3.05, 3.63) is 65.0 Å². The molecule has 2 nitrogen and oxygen atoms in total. The smallest absolute Gasteiger partial charge is 0.0438 e. The summed E-state index contributed by atoms with van der Waals surface area (Å²) >= 11 is 0. The molecule has 2 aromatic rings. The van der Waals surface area contributed by atoms with Crippen molar-refractivity contribution in [3.8, 4) is 0 Å². The van der Waals surface area contributed by atoms with Crippen LogP contribution in [-0.2, 0) is 6.54 Å². The lowest BCUT2D eigenvalue weighted by molar-refractivity contribution is 0.203. The topological polar surface area (TPSA) is 16.1 Å². The van der Waals surface area contributed by atoms with E-state index in [0.717, 1.165) is 6.54 Å². The molecule has 0 N–H and O–H groups in total. The van der Waals surface area contributed by atoms with Gasteiger partial charge in [0.15, 0.2) is 0 Å². The van der Waals surface area contributed by atoms with Gasteiger partial charge in [0.2, 0.25) is 0 Å². The molecule has 110 valence electrons. The van der Waals surface area contributed by atoms with Gasteiger partial charge in [-0.15, -0.1) is 0 Å². The van der Waals surface area contributed by atoms with Gasteiger partial charge in [-0.05, 0) is 57.0 Å². The predicted molar refractivity (Wildman–Crippen MR) is 87.4 cm³/mol. The molecule has 0 radical (unpaired) electrons. The number of likely N-dealkylation sites (tertiary alicyclic amines) is 1. The Morgan fingerprint density at radius 1 is 1.00 bits per heavy atom. The normalized spacial score (nSPS) is 17.0. The van der Waals surface area contributed by atoms with Crippen LogP contribution in [0.15, 0.2) is 42.5 Å². The van der Waals surface area contributed by atoms with Crippen LogP contribution in [0.25, 0.3) is 0 Å². The molecule has 1 saturated heterocycles. The van der Waals surface area contributed by atoms with Gasteiger partial charge in [0.05, 0.1) is 0 Å². The van der Waals surface area contributed by atoms with Gasteiger partial charge in [0.25, 0.3) is 0 Å². The average Bonchev–Trinajstić information content (AvgIpc) is 2.52.